The van der Waals surface area contributed by atoms with Crippen LogP contribution in [0.2, 0.25) is 0 Å². The summed E-state index contributed by atoms with van der Waals surface area (Å²) in [4.78, 5) is 29.9. The van der Waals surface area contributed by atoms with Crippen molar-refractivity contribution < 1.29 is 52.7 Å². The monoisotopic (exact) mass is 1720 g/mol. The van der Waals surface area contributed by atoms with Gasteiger partial charge >= 0.3 is 24.7 Å². The first kappa shape index (κ1) is 83.6. The maximum atomic E-state index is 15.2. The van der Waals surface area contributed by atoms with Gasteiger partial charge in [-0.2, -0.15) is 52.7 Å². The normalized spacial score (nSPS) is 12.2. The van der Waals surface area contributed by atoms with E-state index < -0.39 is 47.0 Å². The summed E-state index contributed by atoms with van der Waals surface area (Å²) in [6.07, 6.45) is -20.2. The first-order valence-electron chi connectivity index (χ1n) is 41.8. The SMILES string of the molecule is Cc1cc(C)c(-c2ccc3c4ccc(-c5c(C)cc(Cc6c(C)cc(C)c(-c7ccc8c(c7)c7ccccc7n8-c7cc(-c8nc(-c9ccccc9)nc(-c9ccccc9)n8)ccc7-c7cc(C(F)(F)F)cc(C(F)(F)F)c7)c6C)cc5C)cc4n(-c4cc(-c5nc(-c6ccccc6)nc(-c6ccccc6)n5)ccc4-c4cc(C(F)(F)F)cc(C(F)(F)F)c4)c3c2)c(C)c1. The highest BCUT2D eigenvalue weighted by molar-refractivity contribution is 6.13. The minimum absolute atomic E-state index is 0.0552. The van der Waals surface area contributed by atoms with Crippen LogP contribution in [0.5, 0.6) is 0 Å². The summed E-state index contributed by atoms with van der Waals surface area (Å²) in [6.45, 7) is 16.4. The van der Waals surface area contributed by atoms with E-state index in [2.05, 4.69) is 57.2 Å². The molecule has 0 aliphatic heterocycles. The van der Waals surface area contributed by atoms with E-state index in [1.807, 2.05) is 238 Å². The molecular weight excluding hydrogens is 1650 g/mol. The molecule has 0 bridgehead atoms. The van der Waals surface area contributed by atoms with E-state index in [0.717, 1.165) is 135 Å². The molecule has 0 atom stereocenters. The second-order valence-electron chi connectivity index (χ2n) is 33.1. The fourth-order valence-corrected chi connectivity index (χ4v) is 18.7. The van der Waals surface area contributed by atoms with Gasteiger partial charge < -0.3 is 9.13 Å². The molecule has 636 valence electrons. The lowest BCUT2D eigenvalue weighted by Crippen LogP contribution is -2.11. The van der Waals surface area contributed by atoms with Crippen molar-refractivity contribution in [2.45, 2.75) is 86.5 Å². The number of hydrogen-bond acceptors (Lipinski definition) is 6. The highest BCUT2D eigenvalue weighted by atomic mass is 19.4. The Hall–Kier alpha value is -14.9. The van der Waals surface area contributed by atoms with E-state index in [9.17, 15) is 26.3 Å². The Morgan fingerprint density at radius 1 is 0.233 bits per heavy atom. The third-order valence-electron chi connectivity index (χ3n) is 24.3. The Bertz CT molecular complexity index is 7490. The van der Waals surface area contributed by atoms with E-state index in [-0.39, 0.29) is 57.4 Å². The van der Waals surface area contributed by atoms with E-state index in [0.29, 0.717) is 85.2 Å². The first-order valence-corrected chi connectivity index (χ1v) is 41.8. The molecule has 19 rings (SSSR count). The van der Waals surface area contributed by atoms with Gasteiger partial charge in [0.15, 0.2) is 34.9 Å². The fraction of sp³-hybridized carbons (Fsp3) is 0.119. The van der Waals surface area contributed by atoms with Crippen molar-refractivity contribution in [3.05, 3.63) is 381 Å². The lowest BCUT2D eigenvalue weighted by Gasteiger charge is -2.20. The van der Waals surface area contributed by atoms with Gasteiger partial charge in [-0.05, 0) is 235 Å². The van der Waals surface area contributed by atoms with Crippen molar-refractivity contribution in [1.29, 1.82) is 0 Å². The topological polar surface area (TPSA) is 87.2 Å². The number of fused-ring (bicyclic) bond motifs is 6. The molecule has 4 heterocycles. The average molecular weight is 1730 g/mol. The van der Waals surface area contributed by atoms with Crippen LogP contribution in [0.4, 0.5) is 52.7 Å². The van der Waals surface area contributed by atoms with Crippen molar-refractivity contribution in [2.75, 3.05) is 0 Å². The zero-order valence-electron chi connectivity index (χ0n) is 70.7. The van der Waals surface area contributed by atoms with Crippen LogP contribution in [0, 0.1) is 55.4 Å². The molecule has 20 heteroatoms. The van der Waals surface area contributed by atoms with Gasteiger partial charge in [0.1, 0.15) is 0 Å². The molecule has 0 unspecified atom stereocenters. The quantitative estimate of drug-likeness (QED) is 0.0951. The van der Waals surface area contributed by atoms with Gasteiger partial charge in [-0.15, -0.1) is 0 Å². The van der Waals surface area contributed by atoms with E-state index in [1.165, 1.54) is 6.07 Å². The third-order valence-corrected chi connectivity index (χ3v) is 24.3. The van der Waals surface area contributed by atoms with E-state index >= 15 is 26.3 Å². The van der Waals surface area contributed by atoms with Crippen molar-refractivity contribution in [3.63, 3.8) is 0 Å². The number of benzene rings is 15. The summed E-state index contributed by atoms with van der Waals surface area (Å²) < 4.78 is 185. The van der Waals surface area contributed by atoms with Crippen LogP contribution in [0.1, 0.15) is 77.9 Å². The number of nitrogens with zero attached hydrogens (tertiary/aromatic N) is 8. The van der Waals surface area contributed by atoms with Crippen LogP contribution in [0.25, 0.3) is 179 Å². The van der Waals surface area contributed by atoms with E-state index in [4.69, 9.17) is 29.9 Å². The number of alkyl halides is 12. The van der Waals surface area contributed by atoms with Crippen LogP contribution in [-0.4, -0.2) is 39.0 Å². The lowest BCUT2D eigenvalue weighted by molar-refractivity contribution is -0.144. The molecule has 0 N–H and O–H groups in total. The summed E-state index contributed by atoms with van der Waals surface area (Å²) in [5.41, 5.74) is 15.2. The molecule has 0 amide bonds. The Kier molecular flexibility index (Phi) is 20.9. The summed E-state index contributed by atoms with van der Waals surface area (Å²) in [6, 6.07) is 86.5. The van der Waals surface area contributed by atoms with Crippen LogP contribution in [-0.2, 0) is 31.1 Å². The van der Waals surface area contributed by atoms with Crippen LogP contribution in [0.3, 0.4) is 0 Å². The molecular formula is C109H76F12N8. The average Bonchev–Trinajstić information content (AvgIpc) is 1.58. The number of para-hydroxylation sites is 1. The van der Waals surface area contributed by atoms with E-state index in [1.54, 1.807) is 30.3 Å². The summed E-state index contributed by atoms with van der Waals surface area (Å²) in [5.74, 6) is 1.71. The number of rotatable bonds is 15. The number of halogens is 12. The fourth-order valence-electron chi connectivity index (χ4n) is 18.7. The molecule has 8 nitrogen and oxygen atoms in total. The highest BCUT2D eigenvalue weighted by Crippen LogP contribution is 2.49. The Morgan fingerprint density at radius 3 is 0.946 bits per heavy atom. The van der Waals surface area contributed by atoms with Gasteiger partial charge in [-0.25, -0.2) is 29.9 Å². The molecule has 0 aliphatic carbocycles. The van der Waals surface area contributed by atoms with Crippen molar-refractivity contribution in [2.24, 2.45) is 0 Å². The summed E-state index contributed by atoms with van der Waals surface area (Å²) in [5, 5.41) is 3.00. The molecule has 0 radical (unpaired) electrons. The number of aryl methyl sites for hydroxylation is 7. The van der Waals surface area contributed by atoms with Gasteiger partial charge in [0.05, 0.1) is 55.7 Å². The maximum absolute atomic E-state index is 15.2. The molecule has 0 spiro atoms. The third kappa shape index (κ3) is 15.8. The molecule has 0 saturated carbocycles. The summed E-state index contributed by atoms with van der Waals surface area (Å²) in [7, 11) is 0. The van der Waals surface area contributed by atoms with Gasteiger partial charge in [0.2, 0.25) is 0 Å². The van der Waals surface area contributed by atoms with Crippen molar-refractivity contribution in [3.8, 4) is 135 Å². The first-order chi connectivity index (χ1) is 61.7. The second-order valence-corrected chi connectivity index (χ2v) is 33.1. The van der Waals surface area contributed by atoms with Crippen LogP contribution < -0.4 is 0 Å². The summed E-state index contributed by atoms with van der Waals surface area (Å²) >= 11 is 0. The van der Waals surface area contributed by atoms with Gasteiger partial charge in [-0.1, -0.05) is 230 Å². The molecule has 129 heavy (non-hydrogen) atoms. The van der Waals surface area contributed by atoms with Crippen molar-refractivity contribution >= 4 is 43.6 Å². The standard InChI is InChI=1S/C109H76F12N8/c1-60-43-62(3)97(63(4)44-60)74-33-40-87-88-41-34-75(55-96(88)129(95(87)54-74)94-57-77(36-39-85(94)79-51-82(108(116,117)118)59-83(52-79)109(119,120)121)105-126-102(71-27-17-11-18-28-71)123-103(127-105)72-29-19-12-20-30-72)98-65(6)46-68(47-66(98)7)48-89-61(2)45-64(5)99(67(89)8)73-37-42-92-90(53-73)86-31-21-22-32-91(86)128(92)93-56-76(35-38-84(93)78-49-80(106(110,111)112)58-81(50-78)107(113,114)115)104-124-100(69-23-13-9-14-24-69)122-101(125-104)70-25-15-10-16-26-70/h9-47,49-59H,48H2,1-8H3. The minimum Gasteiger partial charge on any atom is -0.309 e. The zero-order chi connectivity index (χ0) is 90.0. The Labute approximate surface area is 734 Å². The highest BCUT2D eigenvalue weighted by Gasteiger charge is 2.40. The molecule has 15 aromatic carbocycles. The smallest absolute Gasteiger partial charge is 0.309 e. The molecule has 0 fully saturated rings. The predicted octanol–water partition coefficient (Wildman–Crippen LogP) is 30.7. The molecule has 0 saturated heterocycles. The lowest BCUT2D eigenvalue weighted by atomic mass is 9.85. The zero-order valence-corrected chi connectivity index (χ0v) is 70.7. The molecule has 19 aromatic rings. The van der Waals surface area contributed by atoms with Crippen molar-refractivity contribution in [1.82, 2.24) is 39.0 Å². The van der Waals surface area contributed by atoms with Gasteiger partial charge in [0.25, 0.3) is 0 Å². The Morgan fingerprint density at radius 2 is 0.550 bits per heavy atom. The maximum Gasteiger partial charge on any atom is 0.416 e. The van der Waals surface area contributed by atoms with Gasteiger partial charge in [0, 0.05) is 66.1 Å². The molecule has 4 aromatic heterocycles. The largest absolute Gasteiger partial charge is 0.416 e. The van der Waals surface area contributed by atoms with Gasteiger partial charge in [-0.3, -0.25) is 0 Å². The predicted molar refractivity (Wildman–Crippen MR) is 489 cm³/mol. The second kappa shape index (κ2) is 32.2. The minimum atomic E-state index is -5.18. The molecule has 0 aliphatic rings. The number of aromatic nitrogens is 8. The van der Waals surface area contributed by atoms with Crippen LogP contribution >= 0.6 is 0 Å². The van der Waals surface area contributed by atoms with Crippen LogP contribution in [0.15, 0.2) is 303 Å². The number of hydrogen-bond donors (Lipinski definition) is 0. The Balaban J connectivity index is 0.751.